The van der Waals surface area contributed by atoms with Crippen LogP contribution in [-0.2, 0) is 11.2 Å². The number of hydrogen-bond donors (Lipinski definition) is 2. The fourth-order valence-corrected chi connectivity index (χ4v) is 2.26. The van der Waals surface area contributed by atoms with E-state index in [1.54, 1.807) is 18.4 Å². The van der Waals surface area contributed by atoms with Gasteiger partial charge in [-0.25, -0.2) is 4.39 Å². The molecule has 1 atom stereocenters. The summed E-state index contributed by atoms with van der Waals surface area (Å²) in [6, 6.07) is 4.86. The largest absolute Gasteiger partial charge is 0.501 e. The molecule has 0 spiro atoms. The number of nitrogens with one attached hydrogen (secondary N) is 1. The molecule has 3 N–H and O–H groups in total. The Bertz CT molecular complexity index is 451. The molecular formula is C13H16ClFN2O. The Hall–Kier alpha value is -1.10. The molecule has 5 heteroatoms. The lowest BCUT2D eigenvalue weighted by Crippen LogP contribution is -2.39. The van der Waals surface area contributed by atoms with Crippen LogP contribution in [0.4, 0.5) is 4.39 Å². The summed E-state index contributed by atoms with van der Waals surface area (Å²) in [5.74, 6) is 5.16. The molecule has 0 saturated carbocycles. The summed E-state index contributed by atoms with van der Waals surface area (Å²) < 4.78 is 19.1. The van der Waals surface area contributed by atoms with Gasteiger partial charge in [-0.3, -0.25) is 11.3 Å². The SMILES string of the molecule is NNC(Cc1cccc(Cl)c1F)C1=COCCC1. The molecule has 1 heterocycles. The van der Waals surface area contributed by atoms with E-state index in [1.807, 2.05) is 0 Å². The standard InChI is InChI=1S/C13H16ClFN2O/c14-11-5-1-3-9(13(11)15)7-12(17-16)10-4-2-6-18-8-10/h1,3,5,8,12,17H,2,4,6-7,16H2. The van der Waals surface area contributed by atoms with Crippen LogP contribution in [0.25, 0.3) is 0 Å². The van der Waals surface area contributed by atoms with Crippen molar-refractivity contribution in [2.24, 2.45) is 5.84 Å². The fraction of sp³-hybridized carbons (Fsp3) is 0.385. The average molecular weight is 271 g/mol. The van der Waals surface area contributed by atoms with Crippen molar-refractivity contribution >= 4 is 11.6 Å². The van der Waals surface area contributed by atoms with Gasteiger partial charge in [-0.15, -0.1) is 0 Å². The monoisotopic (exact) mass is 270 g/mol. The maximum absolute atomic E-state index is 13.8. The molecule has 1 aromatic carbocycles. The zero-order chi connectivity index (χ0) is 13.0. The van der Waals surface area contributed by atoms with Crippen molar-refractivity contribution in [2.75, 3.05) is 6.61 Å². The Kier molecular flexibility index (Phi) is 4.58. The molecule has 1 aliphatic heterocycles. The van der Waals surface area contributed by atoms with Crippen molar-refractivity contribution in [3.8, 4) is 0 Å². The van der Waals surface area contributed by atoms with Crippen LogP contribution >= 0.6 is 11.6 Å². The summed E-state index contributed by atoms with van der Waals surface area (Å²) in [4.78, 5) is 0. The summed E-state index contributed by atoms with van der Waals surface area (Å²) in [6.07, 6.45) is 4.05. The van der Waals surface area contributed by atoms with Gasteiger partial charge in [0, 0.05) is 6.04 Å². The highest BCUT2D eigenvalue weighted by molar-refractivity contribution is 6.30. The molecule has 1 aromatic rings. The first-order chi connectivity index (χ1) is 8.72. The average Bonchev–Trinajstić information content (AvgIpc) is 2.41. The van der Waals surface area contributed by atoms with Gasteiger partial charge >= 0.3 is 0 Å². The molecule has 0 fully saturated rings. The zero-order valence-corrected chi connectivity index (χ0v) is 10.7. The number of ether oxygens (including phenoxy) is 1. The van der Waals surface area contributed by atoms with Crippen LogP contribution in [0.5, 0.6) is 0 Å². The van der Waals surface area contributed by atoms with E-state index in [0.717, 1.165) is 25.0 Å². The molecule has 3 nitrogen and oxygen atoms in total. The second-order valence-corrected chi connectivity index (χ2v) is 4.71. The van der Waals surface area contributed by atoms with E-state index in [-0.39, 0.29) is 16.9 Å². The van der Waals surface area contributed by atoms with Crippen LogP contribution in [-0.4, -0.2) is 12.6 Å². The summed E-state index contributed by atoms with van der Waals surface area (Å²) in [5.41, 5.74) is 4.32. The predicted octanol–water partition coefficient (Wildman–Crippen LogP) is 2.55. The van der Waals surface area contributed by atoms with Crippen molar-refractivity contribution in [3.63, 3.8) is 0 Å². The number of rotatable bonds is 4. The summed E-state index contributed by atoms with van der Waals surface area (Å²) >= 11 is 5.76. The Balaban J connectivity index is 2.15. The maximum atomic E-state index is 13.8. The molecule has 0 aliphatic carbocycles. The molecule has 1 aliphatic rings. The Labute approximate surface area is 111 Å². The lowest BCUT2D eigenvalue weighted by atomic mass is 9.96. The topological polar surface area (TPSA) is 47.3 Å². The predicted molar refractivity (Wildman–Crippen MR) is 69.5 cm³/mol. The first-order valence-corrected chi connectivity index (χ1v) is 6.29. The molecule has 0 amide bonds. The third-order valence-electron chi connectivity index (χ3n) is 3.07. The summed E-state index contributed by atoms with van der Waals surface area (Å²) in [7, 11) is 0. The zero-order valence-electron chi connectivity index (χ0n) is 9.96. The van der Waals surface area contributed by atoms with Crippen molar-refractivity contribution in [1.29, 1.82) is 0 Å². The van der Waals surface area contributed by atoms with E-state index in [1.165, 1.54) is 6.07 Å². The minimum atomic E-state index is -0.378. The molecular weight excluding hydrogens is 255 g/mol. The number of halogens is 2. The minimum Gasteiger partial charge on any atom is -0.501 e. The summed E-state index contributed by atoms with van der Waals surface area (Å²) in [6.45, 7) is 0.728. The highest BCUT2D eigenvalue weighted by Gasteiger charge is 2.18. The van der Waals surface area contributed by atoms with Gasteiger partial charge in [-0.05, 0) is 36.5 Å². The van der Waals surface area contributed by atoms with E-state index < -0.39 is 0 Å². The van der Waals surface area contributed by atoms with Gasteiger partial charge in [0.05, 0.1) is 17.9 Å². The minimum absolute atomic E-state index is 0.127. The quantitative estimate of drug-likeness (QED) is 0.653. The van der Waals surface area contributed by atoms with Crippen LogP contribution in [0.1, 0.15) is 18.4 Å². The smallest absolute Gasteiger partial charge is 0.145 e. The van der Waals surface area contributed by atoms with Crippen molar-refractivity contribution in [1.82, 2.24) is 5.43 Å². The number of nitrogens with two attached hydrogens (primary N) is 1. The normalized spacial score (nSPS) is 16.9. The lowest BCUT2D eigenvalue weighted by molar-refractivity contribution is 0.219. The van der Waals surface area contributed by atoms with Gasteiger partial charge < -0.3 is 4.74 Å². The van der Waals surface area contributed by atoms with E-state index in [9.17, 15) is 4.39 Å². The van der Waals surface area contributed by atoms with Gasteiger partial charge in [0.2, 0.25) is 0 Å². The van der Waals surface area contributed by atoms with Crippen LogP contribution in [0.3, 0.4) is 0 Å². The molecule has 98 valence electrons. The maximum Gasteiger partial charge on any atom is 0.145 e. The lowest BCUT2D eigenvalue weighted by Gasteiger charge is -2.22. The third-order valence-corrected chi connectivity index (χ3v) is 3.36. The van der Waals surface area contributed by atoms with Crippen LogP contribution in [0, 0.1) is 5.82 Å². The van der Waals surface area contributed by atoms with Crippen LogP contribution in [0.15, 0.2) is 30.0 Å². The van der Waals surface area contributed by atoms with E-state index in [2.05, 4.69) is 5.43 Å². The van der Waals surface area contributed by atoms with Gasteiger partial charge in [-0.1, -0.05) is 23.7 Å². The Morgan fingerprint density at radius 2 is 2.33 bits per heavy atom. The molecule has 0 aromatic heterocycles. The van der Waals surface area contributed by atoms with E-state index in [4.69, 9.17) is 22.2 Å². The Morgan fingerprint density at radius 1 is 1.50 bits per heavy atom. The first-order valence-electron chi connectivity index (χ1n) is 5.92. The molecule has 0 bridgehead atoms. The van der Waals surface area contributed by atoms with Gasteiger partial charge in [0.15, 0.2) is 0 Å². The van der Waals surface area contributed by atoms with Gasteiger partial charge in [0.25, 0.3) is 0 Å². The number of hydrazine groups is 1. The second-order valence-electron chi connectivity index (χ2n) is 4.30. The van der Waals surface area contributed by atoms with Gasteiger partial charge in [-0.2, -0.15) is 0 Å². The molecule has 0 saturated heterocycles. The second kappa shape index (κ2) is 6.18. The van der Waals surface area contributed by atoms with E-state index >= 15 is 0 Å². The van der Waals surface area contributed by atoms with Gasteiger partial charge in [0.1, 0.15) is 5.82 Å². The number of benzene rings is 1. The first kappa shape index (κ1) is 13.3. The van der Waals surface area contributed by atoms with Crippen molar-refractivity contribution in [3.05, 3.63) is 46.4 Å². The Morgan fingerprint density at radius 3 is 3.00 bits per heavy atom. The fourth-order valence-electron chi connectivity index (χ4n) is 2.06. The third kappa shape index (κ3) is 3.02. The van der Waals surface area contributed by atoms with Crippen molar-refractivity contribution < 1.29 is 9.13 Å². The molecule has 1 unspecified atom stereocenters. The highest BCUT2D eigenvalue weighted by Crippen LogP contribution is 2.23. The van der Waals surface area contributed by atoms with Crippen LogP contribution in [0.2, 0.25) is 5.02 Å². The molecule has 0 radical (unpaired) electrons. The molecule has 18 heavy (non-hydrogen) atoms. The summed E-state index contributed by atoms with van der Waals surface area (Å²) in [5, 5.41) is 0.136. The van der Waals surface area contributed by atoms with Crippen molar-refractivity contribution in [2.45, 2.75) is 25.3 Å². The molecule has 2 rings (SSSR count). The van der Waals surface area contributed by atoms with Crippen LogP contribution < -0.4 is 11.3 Å². The number of hydrogen-bond acceptors (Lipinski definition) is 3. The van der Waals surface area contributed by atoms with E-state index in [0.29, 0.717) is 12.0 Å². The highest BCUT2D eigenvalue weighted by atomic mass is 35.5.